The fraction of sp³-hybridized carbons (Fsp3) is 0.320. The van der Waals surface area contributed by atoms with Crippen molar-refractivity contribution in [1.82, 2.24) is 24.8 Å². The average Bonchev–Trinajstić information content (AvgIpc) is 3.54. The quantitative estimate of drug-likeness (QED) is 0.356. The van der Waals surface area contributed by atoms with Gasteiger partial charge in [0.2, 0.25) is 0 Å². The lowest BCUT2D eigenvalue weighted by Gasteiger charge is -2.41. The predicted molar refractivity (Wildman–Crippen MR) is 145 cm³/mol. The van der Waals surface area contributed by atoms with Crippen LogP contribution in [0.1, 0.15) is 33.9 Å². The highest BCUT2D eigenvalue weighted by molar-refractivity contribution is 7.16. The molecule has 184 valence electrons. The number of pyridine rings is 2. The van der Waals surface area contributed by atoms with E-state index in [1.165, 1.54) is 11.3 Å². The van der Waals surface area contributed by atoms with E-state index in [1.54, 1.807) is 23.7 Å². The van der Waals surface area contributed by atoms with Crippen molar-refractivity contribution in [3.63, 3.8) is 0 Å². The Bertz CT molecular complexity index is 1390. The molecule has 2 atom stereocenters. The van der Waals surface area contributed by atoms with E-state index in [0.717, 1.165) is 58.2 Å². The van der Waals surface area contributed by atoms with Gasteiger partial charge in [-0.1, -0.05) is 11.6 Å². The molecule has 0 aliphatic carbocycles. The van der Waals surface area contributed by atoms with Crippen molar-refractivity contribution in [2.45, 2.75) is 38.8 Å². The third kappa shape index (κ3) is 4.44. The highest BCUT2D eigenvalue weighted by Gasteiger charge is 2.43. The lowest BCUT2D eigenvalue weighted by molar-refractivity contribution is 0.0640. The van der Waals surface area contributed by atoms with Crippen molar-refractivity contribution in [1.29, 1.82) is 0 Å². The summed E-state index contributed by atoms with van der Waals surface area (Å²) >= 11 is 9.16. The maximum absolute atomic E-state index is 13.4. The van der Waals surface area contributed by atoms with Gasteiger partial charge in [-0.2, -0.15) is 0 Å². The molecule has 1 N–H and O–H groups in total. The number of rotatable bonds is 5. The minimum atomic E-state index is 0.0397. The number of halogens is 1. The summed E-state index contributed by atoms with van der Waals surface area (Å²) in [5.74, 6) is 1.61. The molecule has 6 heterocycles. The average molecular weight is 538 g/mol. The van der Waals surface area contributed by atoms with Crippen LogP contribution in [0.2, 0.25) is 5.02 Å². The molecule has 2 bridgehead atoms. The Balaban J connectivity index is 1.12. The van der Waals surface area contributed by atoms with Crippen LogP contribution in [-0.2, 0) is 0 Å². The Morgan fingerprint density at radius 1 is 1.06 bits per heavy atom. The van der Waals surface area contributed by atoms with Gasteiger partial charge in [-0.3, -0.25) is 4.79 Å². The molecule has 4 aromatic heterocycles. The maximum Gasteiger partial charge on any atom is 0.256 e. The van der Waals surface area contributed by atoms with Crippen LogP contribution in [0.25, 0.3) is 10.6 Å². The second-order valence-electron chi connectivity index (χ2n) is 9.08. The lowest BCUT2D eigenvalue weighted by atomic mass is 10.1. The smallest absolute Gasteiger partial charge is 0.256 e. The summed E-state index contributed by atoms with van der Waals surface area (Å²) in [6, 6.07) is 7.82. The fourth-order valence-corrected chi connectivity index (χ4v) is 6.81. The Morgan fingerprint density at radius 2 is 1.86 bits per heavy atom. The van der Waals surface area contributed by atoms with Crippen LogP contribution < -0.4 is 10.2 Å². The van der Waals surface area contributed by atoms with Gasteiger partial charge < -0.3 is 15.1 Å². The molecule has 2 saturated heterocycles. The fourth-order valence-electron chi connectivity index (χ4n) is 5.03. The number of amides is 1. The molecule has 2 unspecified atom stereocenters. The first kappa shape index (κ1) is 23.3. The minimum absolute atomic E-state index is 0.0397. The van der Waals surface area contributed by atoms with Crippen molar-refractivity contribution < 1.29 is 4.79 Å². The number of aryl methyl sites for hydroxylation is 2. The Hall–Kier alpha value is -3.08. The standard InChI is InChI=1S/C25H24ClN7OS2/c1-14-23(36-15(2)29-14)20-13-35-25(30-20)31-21-7-3-16(9-27-21)24(34)33-18-5-6-19(33)12-32(11-18)22-8-4-17(26)10-28-22/h3-4,7-10,13,18-19H,5-6,11-12H2,1-2H3,(H,27,30,31). The normalized spacial score (nSPS) is 19.1. The van der Waals surface area contributed by atoms with Gasteiger partial charge in [0.15, 0.2) is 5.13 Å². The van der Waals surface area contributed by atoms with E-state index in [9.17, 15) is 4.79 Å². The number of nitrogens with zero attached hydrogens (tertiary/aromatic N) is 6. The van der Waals surface area contributed by atoms with E-state index < -0.39 is 0 Å². The van der Waals surface area contributed by atoms with E-state index in [4.69, 9.17) is 16.6 Å². The van der Waals surface area contributed by atoms with Gasteiger partial charge in [0.1, 0.15) is 11.6 Å². The number of thiazole rings is 2. The molecule has 36 heavy (non-hydrogen) atoms. The molecule has 0 aromatic carbocycles. The number of hydrogen-bond donors (Lipinski definition) is 1. The zero-order valence-corrected chi connectivity index (χ0v) is 22.2. The first-order valence-electron chi connectivity index (χ1n) is 11.8. The Kier molecular flexibility index (Phi) is 6.10. The Labute approximate surface area is 222 Å². The molecule has 4 aromatic rings. The molecule has 0 radical (unpaired) electrons. The highest BCUT2D eigenvalue weighted by Crippen LogP contribution is 2.35. The summed E-state index contributed by atoms with van der Waals surface area (Å²) in [4.78, 5) is 36.9. The molecular formula is C25H24ClN7OS2. The summed E-state index contributed by atoms with van der Waals surface area (Å²) in [7, 11) is 0. The Morgan fingerprint density at radius 3 is 2.50 bits per heavy atom. The van der Waals surface area contributed by atoms with Crippen LogP contribution in [0.3, 0.4) is 0 Å². The van der Waals surface area contributed by atoms with Crippen LogP contribution in [-0.4, -0.2) is 55.9 Å². The molecule has 2 aliphatic rings. The van der Waals surface area contributed by atoms with Gasteiger partial charge in [-0.15, -0.1) is 22.7 Å². The van der Waals surface area contributed by atoms with E-state index in [1.807, 2.05) is 48.4 Å². The first-order valence-corrected chi connectivity index (χ1v) is 13.8. The van der Waals surface area contributed by atoms with Crippen LogP contribution in [0.15, 0.2) is 42.0 Å². The number of piperazine rings is 1. The monoisotopic (exact) mass is 537 g/mol. The SMILES string of the molecule is Cc1nc(C)c(-c2csc(Nc3ccc(C(=O)N4C5CCC4CN(c4ccc(Cl)cn4)C5)cn3)n2)s1. The molecule has 6 rings (SSSR count). The number of anilines is 3. The molecule has 2 aliphatic heterocycles. The van der Waals surface area contributed by atoms with Gasteiger partial charge in [0.05, 0.1) is 43.9 Å². The van der Waals surface area contributed by atoms with Crippen molar-refractivity contribution in [2.24, 2.45) is 0 Å². The number of hydrogen-bond acceptors (Lipinski definition) is 9. The molecule has 0 spiro atoms. The lowest BCUT2D eigenvalue weighted by Crippen LogP contribution is -2.56. The zero-order chi connectivity index (χ0) is 24.8. The van der Waals surface area contributed by atoms with Crippen LogP contribution in [0.5, 0.6) is 0 Å². The second kappa shape index (κ2) is 9.42. The van der Waals surface area contributed by atoms with Crippen molar-refractivity contribution in [3.05, 3.63) is 63.3 Å². The van der Waals surface area contributed by atoms with Crippen molar-refractivity contribution >= 4 is 56.9 Å². The second-order valence-corrected chi connectivity index (χ2v) is 11.6. The topological polar surface area (TPSA) is 87.1 Å². The van der Waals surface area contributed by atoms with Gasteiger partial charge in [0.25, 0.3) is 5.91 Å². The third-order valence-electron chi connectivity index (χ3n) is 6.64. The maximum atomic E-state index is 13.4. The molecule has 1 amide bonds. The van der Waals surface area contributed by atoms with E-state index in [-0.39, 0.29) is 18.0 Å². The number of nitrogens with one attached hydrogen (secondary N) is 1. The minimum Gasteiger partial charge on any atom is -0.352 e. The van der Waals surface area contributed by atoms with Gasteiger partial charge in [-0.25, -0.2) is 19.9 Å². The predicted octanol–water partition coefficient (Wildman–Crippen LogP) is 5.56. The molecule has 2 fully saturated rings. The van der Waals surface area contributed by atoms with E-state index in [2.05, 4.69) is 25.2 Å². The van der Waals surface area contributed by atoms with Crippen molar-refractivity contribution in [2.75, 3.05) is 23.3 Å². The summed E-state index contributed by atoms with van der Waals surface area (Å²) < 4.78 is 0. The van der Waals surface area contributed by atoms with Gasteiger partial charge in [-0.05, 0) is 51.0 Å². The van der Waals surface area contributed by atoms with Crippen LogP contribution >= 0.6 is 34.3 Å². The zero-order valence-electron chi connectivity index (χ0n) is 19.8. The number of fused-ring (bicyclic) bond motifs is 2. The highest BCUT2D eigenvalue weighted by atomic mass is 35.5. The number of carbonyl (C=O) groups is 1. The molecule has 11 heteroatoms. The van der Waals surface area contributed by atoms with E-state index >= 15 is 0 Å². The summed E-state index contributed by atoms with van der Waals surface area (Å²) in [6.07, 6.45) is 5.32. The summed E-state index contributed by atoms with van der Waals surface area (Å²) in [6.45, 7) is 5.55. The molecule has 0 saturated carbocycles. The van der Waals surface area contributed by atoms with Gasteiger partial charge >= 0.3 is 0 Å². The number of aromatic nitrogens is 4. The summed E-state index contributed by atoms with van der Waals surface area (Å²) in [5.41, 5.74) is 2.52. The third-order valence-corrected chi connectivity index (χ3v) is 8.71. The van der Waals surface area contributed by atoms with E-state index in [0.29, 0.717) is 16.4 Å². The molecular weight excluding hydrogens is 514 g/mol. The first-order chi connectivity index (χ1) is 17.4. The summed E-state index contributed by atoms with van der Waals surface area (Å²) in [5, 5.41) is 7.69. The van der Waals surface area contributed by atoms with Gasteiger partial charge in [0, 0.05) is 30.9 Å². The molecule has 8 nitrogen and oxygen atoms in total. The van der Waals surface area contributed by atoms with Crippen LogP contribution in [0, 0.1) is 13.8 Å². The number of carbonyl (C=O) groups excluding carboxylic acids is 1. The van der Waals surface area contributed by atoms with Crippen LogP contribution in [0.4, 0.5) is 16.8 Å². The van der Waals surface area contributed by atoms with Crippen molar-refractivity contribution in [3.8, 4) is 10.6 Å². The largest absolute Gasteiger partial charge is 0.352 e.